The van der Waals surface area contributed by atoms with Gasteiger partial charge in [-0.05, 0) is 25.8 Å². The summed E-state index contributed by atoms with van der Waals surface area (Å²) < 4.78 is 5.21. The van der Waals surface area contributed by atoms with Crippen LogP contribution in [0.4, 0.5) is 4.79 Å². The van der Waals surface area contributed by atoms with Crippen molar-refractivity contribution in [2.45, 2.75) is 39.0 Å². The molecule has 2 unspecified atom stereocenters. The van der Waals surface area contributed by atoms with Gasteiger partial charge in [0.2, 0.25) is 0 Å². The van der Waals surface area contributed by atoms with Crippen LogP contribution in [0.25, 0.3) is 0 Å². The summed E-state index contributed by atoms with van der Waals surface area (Å²) in [5.41, 5.74) is 0.915. The number of amides is 1. The fourth-order valence-electron chi connectivity index (χ4n) is 2.77. The number of nitrogens with one attached hydrogen (secondary N) is 1. The number of hydrogen-bond acceptors (Lipinski definition) is 4. The number of carboxylic acid groups (broad SMARTS) is 1. The summed E-state index contributed by atoms with van der Waals surface area (Å²) in [5, 5.41) is 12.1. The molecule has 0 spiro atoms. The fraction of sp³-hybridized carbons (Fsp3) is 0.529. The number of rotatable bonds is 5. The predicted molar refractivity (Wildman–Crippen MR) is 86.0 cm³/mol. The maximum atomic E-state index is 11.9. The van der Waals surface area contributed by atoms with E-state index in [1.807, 2.05) is 44.2 Å². The second-order valence-corrected chi connectivity index (χ2v) is 6.22. The fourth-order valence-corrected chi connectivity index (χ4v) is 2.77. The Morgan fingerprint density at radius 3 is 2.61 bits per heavy atom. The van der Waals surface area contributed by atoms with Gasteiger partial charge in [0.25, 0.3) is 0 Å². The molecule has 0 saturated carbocycles. The highest BCUT2D eigenvalue weighted by Gasteiger charge is 2.33. The van der Waals surface area contributed by atoms with Crippen LogP contribution >= 0.6 is 0 Å². The van der Waals surface area contributed by atoms with Crippen molar-refractivity contribution in [2.75, 3.05) is 13.1 Å². The first kappa shape index (κ1) is 17.3. The second-order valence-electron chi connectivity index (χ2n) is 6.22. The third-order valence-electron chi connectivity index (χ3n) is 4.09. The first-order chi connectivity index (χ1) is 11.0. The van der Waals surface area contributed by atoms with E-state index in [0.29, 0.717) is 19.5 Å². The molecule has 1 aliphatic heterocycles. The number of benzene rings is 1. The lowest BCUT2D eigenvalue weighted by Gasteiger charge is -2.38. The third-order valence-corrected chi connectivity index (χ3v) is 4.09. The van der Waals surface area contributed by atoms with E-state index in [1.54, 1.807) is 0 Å². The minimum atomic E-state index is -0.820. The van der Waals surface area contributed by atoms with Gasteiger partial charge >= 0.3 is 12.1 Å². The van der Waals surface area contributed by atoms with Gasteiger partial charge in [0.1, 0.15) is 6.61 Å². The first-order valence-electron chi connectivity index (χ1n) is 7.89. The number of aliphatic carboxylic acids is 1. The summed E-state index contributed by atoms with van der Waals surface area (Å²) >= 11 is 0. The van der Waals surface area contributed by atoms with Crippen LogP contribution in [0, 0.1) is 5.92 Å². The molecule has 126 valence electrons. The lowest BCUT2D eigenvalue weighted by Crippen LogP contribution is -2.54. The van der Waals surface area contributed by atoms with E-state index in [1.165, 1.54) is 0 Å². The summed E-state index contributed by atoms with van der Waals surface area (Å²) in [6.07, 6.45) is -0.0764. The molecule has 23 heavy (non-hydrogen) atoms. The lowest BCUT2D eigenvalue weighted by molar-refractivity contribution is -0.144. The zero-order chi connectivity index (χ0) is 16.8. The minimum absolute atomic E-state index is 0.204. The molecule has 2 N–H and O–H groups in total. The van der Waals surface area contributed by atoms with E-state index >= 15 is 0 Å². The van der Waals surface area contributed by atoms with E-state index < -0.39 is 18.0 Å². The summed E-state index contributed by atoms with van der Waals surface area (Å²) in [6, 6.07) is 9.46. The molecule has 6 heteroatoms. The van der Waals surface area contributed by atoms with E-state index in [-0.39, 0.29) is 18.7 Å². The highest BCUT2D eigenvalue weighted by molar-refractivity contribution is 5.71. The Labute approximate surface area is 136 Å². The highest BCUT2D eigenvalue weighted by Crippen LogP contribution is 2.19. The zero-order valence-corrected chi connectivity index (χ0v) is 13.6. The largest absolute Gasteiger partial charge is 0.481 e. The van der Waals surface area contributed by atoms with E-state index in [2.05, 4.69) is 10.2 Å². The molecule has 0 aromatic heterocycles. The average Bonchev–Trinajstić information content (AvgIpc) is 2.53. The van der Waals surface area contributed by atoms with Crippen molar-refractivity contribution in [3.8, 4) is 0 Å². The number of carboxylic acids is 1. The van der Waals surface area contributed by atoms with Gasteiger partial charge < -0.3 is 15.2 Å². The maximum Gasteiger partial charge on any atom is 0.407 e. The molecule has 1 aliphatic rings. The molecule has 6 nitrogen and oxygen atoms in total. The molecule has 1 amide bonds. The summed E-state index contributed by atoms with van der Waals surface area (Å²) in [7, 11) is 0. The van der Waals surface area contributed by atoms with Gasteiger partial charge in [-0.1, -0.05) is 30.3 Å². The van der Waals surface area contributed by atoms with Gasteiger partial charge in [0.05, 0.1) is 5.92 Å². The summed E-state index contributed by atoms with van der Waals surface area (Å²) in [4.78, 5) is 25.3. The molecule has 0 radical (unpaired) electrons. The molecule has 1 heterocycles. The normalized spacial score (nSPS) is 21.9. The van der Waals surface area contributed by atoms with Gasteiger partial charge in [-0.15, -0.1) is 0 Å². The molecule has 1 fully saturated rings. The van der Waals surface area contributed by atoms with Gasteiger partial charge in [0.15, 0.2) is 0 Å². The van der Waals surface area contributed by atoms with Crippen LogP contribution in [0.15, 0.2) is 30.3 Å². The Bertz CT molecular complexity index is 533. The smallest absolute Gasteiger partial charge is 0.407 e. The number of piperidine rings is 1. The van der Waals surface area contributed by atoms with Crippen molar-refractivity contribution in [2.24, 2.45) is 5.92 Å². The first-order valence-corrected chi connectivity index (χ1v) is 7.89. The number of nitrogens with zero attached hydrogens (tertiary/aromatic N) is 1. The van der Waals surface area contributed by atoms with Crippen molar-refractivity contribution in [3.63, 3.8) is 0 Å². The maximum absolute atomic E-state index is 11.9. The predicted octanol–water partition coefficient (Wildman–Crippen LogP) is 2.10. The van der Waals surface area contributed by atoms with Crippen molar-refractivity contribution < 1.29 is 19.4 Å². The van der Waals surface area contributed by atoms with Crippen LogP contribution in [0.3, 0.4) is 0 Å². The van der Waals surface area contributed by atoms with Crippen molar-refractivity contribution in [1.82, 2.24) is 10.2 Å². The van der Waals surface area contributed by atoms with Gasteiger partial charge in [-0.25, -0.2) is 4.79 Å². The van der Waals surface area contributed by atoms with E-state index in [4.69, 9.17) is 4.74 Å². The van der Waals surface area contributed by atoms with Crippen LogP contribution < -0.4 is 5.32 Å². The molecular formula is C17H24N2O4. The Balaban J connectivity index is 1.87. The van der Waals surface area contributed by atoms with Gasteiger partial charge in [0, 0.05) is 25.2 Å². The molecule has 0 bridgehead atoms. The Kier molecular flexibility index (Phi) is 5.98. The number of likely N-dealkylation sites (tertiary alicyclic amines) is 1. The number of hydrogen-bond donors (Lipinski definition) is 2. The Morgan fingerprint density at radius 2 is 2.00 bits per heavy atom. The van der Waals surface area contributed by atoms with Crippen molar-refractivity contribution in [1.29, 1.82) is 0 Å². The summed E-state index contributed by atoms with van der Waals surface area (Å²) in [6.45, 7) is 5.41. The number of ether oxygens (including phenoxy) is 1. The zero-order valence-electron chi connectivity index (χ0n) is 13.6. The number of alkyl carbamates (subject to hydrolysis) is 1. The molecule has 1 saturated heterocycles. The quantitative estimate of drug-likeness (QED) is 0.868. The number of carbonyl (C=O) groups is 2. The molecule has 2 atom stereocenters. The van der Waals surface area contributed by atoms with Crippen molar-refractivity contribution >= 4 is 12.1 Å². The Hall–Kier alpha value is -2.08. The van der Waals surface area contributed by atoms with Gasteiger partial charge in [-0.2, -0.15) is 0 Å². The topological polar surface area (TPSA) is 78.9 Å². The molecule has 0 aliphatic carbocycles. The molecule has 1 aromatic carbocycles. The lowest BCUT2D eigenvalue weighted by atomic mass is 9.93. The summed E-state index contributed by atoms with van der Waals surface area (Å²) in [5.74, 6) is -1.29. The standard InChI is InChI=1S/C17H24N2O4/c1-12(2)19-9-14(16(20)21)8-15(10-19)18-17(22)23-11-13-6-4-3-5-7-13/h3-7,12,14-15H,8-11H2,1-2H3,(H,18,22)(H,20,21). The van der Waals surface area contributed by atoms with E-state index in [0.717, 1.165) is 5.56 Å². The van der Waals surface area contributed by atoms with Crippen LogP contribution in [-0.4, -0.2) is 47.2 Å². The van der Waals surface area contributed by atoms with Crippen LogP contribution in [-0.2, 0) is 16.1 Å². The molecule has 2 rings (SSSR count). The minimum Gasteiger partial charge on any atom is -0.481 e. The van der Waals surface area contributed by atoms with Crippen molar-refractivity contribution in [3.05, 3.63) is 35.9 Å². The Morgan fingerprint density at radius 1 is 1.30 bits per heavy atom. The number of carbonyl (C=O) groups excluding carboxylic acids is 1. The van der Waals surface area contributed by atoms with Crippen LogP contribution in [0.2, 0.25) is 0 Å². The second kappa shape index (κ2) is 7.97. The van der Waals surface area contributed by atoms with Crippen LogP contribution in [0.1, 0.15) is 25.8 Å². The van der Waals surface area contributed by atoms with Crippen LogP contribution in [0.5, 0.6) is 0 Å². The van der Waals surface area contributed by atoms with Gasteiger partial charge in [-0.3, -0.25) is 9.69 Å². The SMILES string of the molecule is CC(C)N1CC(NC(=O)OCc2ccccc2)CC(C(=O)O)C1. The third kappa shape index (κ3) is 5.25. The average molecular weight is 320 g/mol. The molecule has 1 aromatic rings. The molecular weight excluding hydrogens is 296 g/mol. The van der Waals surface area contributed by atoms with E-state index in [9.17, 15) is 14.7 Å². The monoisotopic (exact) mass is 320 g/mol. The highest BCUT2D eigenvalue weighted by atomic mass is 16.5.